The second-order valence-corrected chi connectivity index (χ2v) is 6.38. The van der Waals surface area contributed by atoms with Crippen LogP contribution in [-0.4, -0.2) is 26.2 Å². The smallest absolute Gasteiger partial charge is 0.419 e. The molecule has 0 aliphatic heterocycles. The molecule has 0 atom stereocenters. The molecule has 2 aromatic heterocycles. The fourth-order valence-corrected chi connectivity index (χ4v) is 2.89. The molecule has 4 rings (SSSR count). The molecule has 4 aromatic rings. The molecule has 30 heavy (non-hydrogen) atoms. The van der Waals surface area contributed by atoms with Crippen molar-refractivity contribution in [3.05, 3.63) is 72.1 Å². The predicted molar refractivity (Wildman–Crippen MR) is 105 cm³/mol. The minimum Gasteiger partial charge on any atom is -0.507 e. The maximum atomic E-state index is 12.8. The first-order chi connectivity index (χ1) is 14.3. The van der Waals surface area contributed by atoms with Gasteiger partial charge in [0.2, 0.25) is 0 Å². The number of pyridine rings is 1. The quantitative estimate of drug-likeness (QED) is 0.389. The van der Waals surface area contributed by atoms with E-state index in [1.807, 2.05) is 6.07 Å². The SMILES string of the molecule is O=C(Nc1ccc(C(F)(F)F)c(O)c1)c1cccnc1Nc1ccc2cn[nH]c2c1. The average molecular weight is 413 g/mol. The van der Waals surface area contributed by atoms with E-state index in [9.17, 15) is 23.1 Å². The lowest BCUT2D eigenvalue weighted by atomic mass is 10.1. The summed E-state index contributed by atoms with van der Waals surface area (Å²) in [5.74, 6) is -1.32. The van der Waals surface area contributed by atoms with Crippen LogP contribution in [0.5, 0.6) is 5.75 Å². The molecule has 2 aromatic carbocycles. The van der Waals surface area contributed by atoms with Crippen molar-refractivity contribution in [1.29, 1.82) is 0 Å². The van der Waals surface area contributed by atoms with E-state index in [1.165, 1.54) is 12.3 Å². The number of hydrogen-bond acceptors (Lipinski definition) is 5. The third-order valence-electron chi connectivity index (χ3n) is 4.32. The fraction of sp³-hybridized carbons (Fsp3) is 0.0500. The van der Waals surface area contributed by atoms with E-state index in [4.69, 9.17) is 0 Å². The number of benzene rings is 2. The van der Waals surface area contributed by atoms with E-state index in [0.717, 1.165) is 23.0 Å². The Labute approximate surface area is 167 Å². The molecule has 7 nitrogen and oxygen atoms in total. The first-order valence-corrected chi connectivity index (χ1v) is 8.68. The van der Waals surface area contributed by atoms with Gasteiger partial charge in [-0.25, -0.2) is 4.98 Å². The van der Waals surface area contributed by atoms with Crippen LogP contribution in [0, 0.1) is 0 Å². The van der Waals surface area contributed by atoms with Gasteiger partial charge < -0.3 is 15.7 Å². The molecule has 0 radical (unpaired) electrons. The summed E-state index contributed by atoms with van der Waals surface area (Å²) in [4.78, 5) is 16.9. The molecule has 0 unspecified atom stereocenters. The third kappa shape index (κ3) is 3.88. The number of aromatic amines is 1. The van der Waals surface area contributed by atoms with Gasteiger partial charge in [0.05, 0.1) is 22.8 Å². The van der Waals surface area contributed by atoms with E-state index in [0.29, 0.717) is 11.8 Å². The van der Waals surface area contributed by atoms with E-state index >= 15 is 0 Å². The van der Waals surface area contributed by atoms with Crippen LogP contribution in [0.1, 0.15) is 15.9 Å². The predicted octanol–water partition coefficient (Wildman–Crippen LogP) is 4.68. The Morgan fingerprint density at radius 2 is 1.87 bits per heavy atom. The number of amides is 1. The maximum absolute atomic E-state index is 12.8. The van der Waals surface area contributed by atoms with Gasteiger partial charge in [-0.3, -0.25) is 9.89 Å². The third-order valence-corrected chi connectivity index (χ3v) is 4.32. The number of phenols is 1. The van der Waals surface area contributed by atoms with E-state index in [-0.39, 0.29) is 17.1 Å². The molecule has 10 heteroatoms. The molecule has 0 aliphatic rings. The Morgan fingerprint density at radius 1 is 1.07 bits per heavy atom. The highest BCUT2D eigenvalue weighted by Crippen LogP contribution is 2.37. The van der Waals surface area contributed by atoms with Crippen molar-refractivity contribution in [2.75, 3.05) is 10.6 Å². The number of alkyl halides is 3. The summed E-state index contributed by atoms with van der Waals surface area (Å²) in [6.07, 6.45) is -1.52. The van der Waals surface area contributed by atoms with Gasteiger partial charge in [0.25, 0.3) is 5.91 Å². The topological polar surface area (TPSA) is 103 Å². The summed E-state index contributed by atoms with van der Waals surface area (Å²) in [6.45, 7) is 0. The molecular formula is C20H14F3N5O2. The number of phenolic OH excluding ortho intramolecular Hbond substituents is 1. The second kappa shape index (κ2) is 7.39. The summed E-state index contributed by atoms with van der Waals surface area (Å²) in [6, 6.07) is 11.1. The van der Waals surface area contributed by atoms with Gasteiger partial charge in [0.15, 0.2) is 0 Å². The Balaban J connectivity index is 1.57. The van der Waals surface area contributed by atoms with Crippen molar-refractivity contribution in [1.82, 2.24) is 15.2 Å². The highest BCUT2D eigenvalue weighted by Gasteiger charge is 2.33. The molecule has 0 saturated carbocycles. The van der Waals surface area contributed by atoms with Crippen molar-refractivity contribution >= 4 is 34.0 Å². The molecule has 4 N–H and O–H groups in total. The highest BCUT2D eigenvalue weighted by molar-refractivity contribution is 6.08. The number of aromatic hydroxyl groups is 1. The molecule has 0 aliphatic carbocycles. The monoisotopic (exact) mass is 413 g/mol. The molecule has 2 heterocycles. The van der Waals surface area contributed by atoms with E-state index in [1.54, 1.807) is 24.4 Å². The minimum atomic E-state index is -4.69. The number of nitrogens with one attached hydrogen (secondary N) is 3. The summed E-state index contributed by atoms with van der Waals surface area (Å²) < 4.78 is 38.3. The van der Waals surface area contributed by atoms with Crippen molar-refractivity contribution in [2.24, 2.45) is 0 Å². The number of hydrogen-bond donors (Lipinski definition) is 4. The van der Waals surface area contributed by atoms with Crippen molar-refractivity contribution < 1.29 is 23.1 Å². The zero-order valence-corrected chi connectivity index (χ0v) is 15.2. The summed E-state index contributed by atoms with van der Waals surface area (Å²) >= 11 is 0. The number of aromatic nitrogens is 3. The van der Waals surface area contributed by atoms with Gasteiger partial charge in [-0.2, -0.15) is 18.3 Å². The first kappa shape index (κ1) is 19.2. The molecule has 0 fully saturated rings. The van der Waals surface area contributed by atoms with Crippen LogP contribution in [0.2, 0.25) is 0 Å². The average Bonchev–Trinajstić information content (AvgIpc) is 3.15. The Morgan fingerprint density at radius 3 is 2.63 bits per heavy atom. The normalized spacial score (nSPS) is 11.4. The second-order valence-electron chi connectivity index (χ2n) is 6.38. The highest BCUT2D eigenvalue weighted by atomic mass is 19.4. The van der Waals surface area contributed by atoms with Crippen LogP contribution in [-0.2, 0) is 6.18 Å². The van der Waals surface area contributed by atoms with Gasteiger partial charge in [-0.05, 0) is 42.5 Å². The van der Waals surface area contributed by atoms with Crippen LogP contribution in [0.15, 0.2) is 60.9 Å². The van der Waals surface area contributed by atoms with Gasteiger partial charge >= 0.3 is 6.18 Å². The van der Waals surface area contributed by atoms with Gasteiger partial charge in [0.1, 0.15) is 11.6 Å². The zero-order valence-electron chi connectivity index (χ0n) is 15.2. The van der Waals surface area contributed by atoms with Crippen LogP contribution in [0.3, 0.4) is 0 Å². The summed E-state index contributed by atoms with van der Waals surface area (Å²) in [7, 11) is 0. The van der Waals surface area contributed by atoms with Crippen molar-refractivity contribution in [3.8, 4) is 5.75 Å². The van der Waals surface area contributed by atoms with Crippen LogP contribution in [0.4, 0.5) is 30.4 Å². The number of fused-ring (bicyclic) bond motifs is 1. The van der Waals surface area contributed by atoms with Crippen molar-refractivity contribution in [3.63, 3.8) is 0 Å². The summed E-state index contributed by atoms with van der Waals surface area (Å²) in [5.41, 5.74) is 0.452. The fourth-order valence-electron chi connectivity index (χ4n) is 2.89. The Kier molecular flexibility index (Phi) is 4.74. The molecule has 0 spiro atoms. The molecule has 0 saturated heterocycles. The lowest BCUT2D eigenvalue weighted by Crippen LogP contribution is -2.15. The number of anilines is 3. The minimum absolute atomic E-state index is 0.0131. The maximum Gasteiger partial charge on any atom is 0.419 e. The molecule has 0 bridgehead atoms. The number of carbonyl (C=O) groups excluding carboxylic acids is 1. The Hall–Kier alpha value is -4.08. The van der Waals surface area contributed by atoms with E-state index in [2.05, 4.69) is 25.8 Å². The van der Waals surface area contributed by atoms with Crippen LogP contribution >= 0.6 is 0 Å². The largest absolute Gasteiger partial charge is 0.507 e. The van der Waals surface area contributed by atoms with Crippen LogP contribution in [0.25, 0.3) is 10.9 Å². The van der Waals surface area contributed by atoms with E-state index < -0.39 is 23.4 Å². The van der Waals surface area contributed by atoms with Gasteiger partial charge in [0, 0.05) is 29.0 Å². The summed E-state index contributed by atoms with van der Waals surface area (Å²) in [5, 5.41) is 22.8. The number of H-pyrrole nitrogens is 1. The first-order valence-electron chi connectivity index (χ1n) is 8.68. The zero-order chi connectivity index (χ0) is 21.3. The molecular weight excluding hydrogens is 399 g/mol. The van der Waals surface area contributed by atoms with Gasteiger partial charge in [-0.15, -0.1) is 0 Å². The van der Waals surface area contributed by atoms with Crippen molar-refractivity contribution in [2.45, 2.75) is 6.18 Å². The number of nitrogens with zero attached hydrogens (tertiary/aromatic N) is 2. The Bertz CT molecular complexity index is 1240. The van der Waals surface area contributed by atoms with Crippen LogP contribution < -0.4 is 10.6 Å². The lowest BCUT2D eigenvalue weighted by Gasteiger charge is -2.13. The van der Waals surface area contributed by atoms with Gasteiger partial charge in [-0.1, -0.05) is 0 Å². The number of rotatable bonds is 4. The molecule has 152 valence electrons. The molecule has 1 amide bonds. The number of halogens is 3. The lowest BCUT2D eigenvalue weighted by molar-refractivity contribution is -0.138. The standard InChI is InChI=1S/C20H14F3N5O2/c21-20(22,23)15-6-5-13(9-17(15)29)27-19(30)14-2-1-7-24-18(14)26-12-4-3-11-10-25-28-16(11)8-12/h1-10,29H,(H,24,26)(H,25,28)(H,27,30). The number of carbonyl (C=O) groups is 1.